The van der Waals surface area contributed by atoms with Crippen molar-refractivity contribution in [1.29, 1.82) is 5.41 Å². The van der Waals surface area contributed by atoms with E-state index in [1.165, 1.54) is 0 Å². The normalized spacial score (nSPS) is 26.3. The van der Waals surface area contributed by atoms with Crippen LogP contribution in [0, 0.1) is 5.41 Å². The number of pyridine rings is 1. The molecule has 0 unspecified atom stereocenters. The fourth-order valence-corrected chi connectivity index (χ4v) is 4.48. The van der Waals surface area contributed by atoms with E-state index in [0.29, 0.717) is 48.3 Å². The molecule has 1 atom stereocenters. The summed E-state index contributed by atoms with van der Waals surface area (Å²) in [5.74, 6) is 1.50. The van der Waals surface area contributed by atoms with Gasteiger partial charge in [-0.1, -0.05) is 0 Å². The summed E-state index contributed by atoms with van der Waals surface area (Å²) in [6.45, 7) is 3.65. The number of halogens is 3. The molecule has 2 aromatic rings. The summed E-state index contributed by atoms with van der Waals surface area (Å²) in [5.41, 5.74) is -0.601. The molecule has 180 valence electrons. The summed E-state index contributed by atoms with van der Waals surface area (Å²) in [7, 11) is 0. The highest BCUT2D eigenvalue weighted by Crippen LogP contribution is 2.43. The Morgan fingerprint density at radius 3 is 2.76 bits per heavy atom. The van der Waals surface area contributed by atoms with Gasteiger partial charge in [0.25, 0.3) is 0 Å². The highest BCUT2D eigenvalue weighted by Gasteiger charge is 2.42. The number of aromatic nitrogens is 3. The van der Waals surface area contributed by atoms with Crippen LogP contribution in [0.25, 0.3) is 0 Å². The van der Waals surface area contributed by atoms with Crippen molar-refractivity contribution in [1.82, 2.24) is 15.2 Å². The fourth-order valence-electron chi connectivity index (χ4n) is 4.48. The molecule has 1 saturated carbocycles. The number of aromatic amines is 1. The lowest BCUT2D eigenvalue weighted by atomic mass is 9.77. The van der Waals surface area contributed by atoms with Crippen molar-refractivity contribution < 1.29 is 27.8 Å². The van der Waals surface area contributed by atoms with Crippen molar-refractivity contribution in [3.05, 3.63) is 29.5 Å². The van der Waals surface area contributed by atoms with Crippen LogP contribution < -0.4 is 10.2 Å². The summed E-state index contributed by atoms with van der Waals surface area (Å²) < 4.78 is 47.6. The maximum atomic E-state index is 12.6. The molecule has 0 aromatic carbocycles. The highest BCUT2D eigenvalue weighted by molar-refractivity contribution is 5.89. The third-order valence-electron chi connectivity index (χ3n) is 6.17. The van der Waals surface area contributed by atoms with E-state index in [2.05, 4.69) is 25.2 Å². The Bertz CT molecular complexity index is 961. The van der Waals surface area contributed by atoms with Gasteiger partial charge in [-0.05, 0) is 44.2 Å². The van der Waals surface area contributed by atoms with E-state index >= 15 is 0 Å². The highest BCUT2D eigenvalue weighted by atomic mass is 19.4. The Balaban J connectivity index is 1.71. The molecule has 0 bridgehead atoms. The van der Waals surface area contributed by atoms with Crippen molar-refractivity contribution in [2.24, 2.45) is 0 Å². The predicted octanol–water partition coefficient (Wildman–Crippen LogP) is 3.44. The van der Waals surface area contributed by atoms with Gasteiger partial charge in [0, 0.05) is 24.4 Å². The van der Waals surface area contributed by atoms with E-state index in [1.54, 1.807) is 18.3 Å². The zero-order valence-electron chi connectivity index (χ0n) is 18.2. The Morgan fingerprint density at radius 2 is 2.15 bits per heavy atom. The molecule has 2 aromatic heterocycles. The van der Waals surface area contributed by atoms with Gasteiger partial charge in [0.15, 0.2) is 0 Å². The lowest BCUT2D eigenvalue weighted by Crippen LogP contribution is -2.44. The van der Waals surface area contributed by atoms with E-state index in [4.69, 9.17) is 15.1 Å². The molecule has 33 heavy (non-hydrogen) atoms. The van der Waals surface area contributed by atoms with E-state index < -0.39 is 18.1 Å². The molecule has 4 rings (SSSR count). The molecule has 0 radical (unpaired) electrons. The molecule has 0 amide bonds. The number of rotatable bonds is 6. The molecule has 0 spiro atoms. The molecule has 1 aliphatic heterocycles. The van der Waals surface area contributed by atoms with Gasteiger partial charge in [0.2, 0.25) is 0 Å². The number of alkyl halides is 3. The van der Waals surface area contributed by atoms with Gasteiger partial charge < -0.3 is 25.5 Å². The maximum absolute atomic E-state index is 12.6. The monoisotopic (exact) mass is 468 g/mol. The second kappa shape index (κ2) is 9.27. The van der Waals surface area contributed by atoms with Crippen LogP contribution in [0.15, 0.2) is 18.3 Å². The van der Waals surface area contributed by atoms with Crippen LogP contribution in [-0.4, -0.2) is 64.8 Å². The standard InChI is InChI=1S/C21H27F3N6O3/c1-13-12-32-9-8-30(13)18-10-16(15(11-25)19(28-18)27-17-4-7-26-29-17)20(31)5-2-14(3-6-20)33-21(22,23)24/h4,7,10-11,13-14,25,31H,2-3,5-6,8-9,12H2,1H3,(H2,26,27,28,29)/t13-,14?,20?/m1/s1. The van der Waals surface area contributed by atoms with E-state index in [-0.39, 0.29) is 31.7 Å². The molecule has 9 nitrogen and oxygen atoms in total. The Hall–Kier alpha value is -2.70. The molecular weight excluding hydrogens is 441 g/mol. The van der Waals surface area contributed by atoms with Crippen molar-refractivity contribution in [3.63, 3.8) is 0 Å². The maximum Gasteiger partial charge on any atom is 0.522 e. The molecule has 1 saturated heterocycles. The number of nitrogens with one attached hydrogen (secondary N) is 3. The minimum absolute atomic E-state index is 0.0375. The number of morpholine rings is 1. The van der Waals surface area contributed by atoms with Crippen molar-refractivity contribution in [2.45, 2.75) is 56.7 Å². The first kappa shape index (κ1) is 23.5. The average molecular weight is 468 g/mol. The van der Waals surface area contributed by atoms with Crippen molar-refractivity contribution in [2.75, 3.05) is 30.0 Å². The summed E-state index contributed by atoms with van der Waals surface area (Å²) >= 11 is 0. The molecular formula is C21H27F3N6O3. The summed E-state index contributed by atoms with van der Waals surface area (Å²) in [6, 6.07) is 3.48. The molecule has 1 aliphatic carbocycles. The van der Waals surface area contributed by atoms with Crippen LogP contribution >= 0.6 is 0 Å². The van der Waals surface area contributed by atoms with Crippen LogP contribution in [0.4, 0.5) is 30.6 Å². The topological polar surface area (TPSA) is 119 Å². The number of hydrogen-bond donors (Lipinski definition) is 4. The van der Waals surface area contributed by atoms with E-state index in [1.807, 2.05) is 6.92 Å². The van der Waals surface area contributed by atoms with Gasteiger partial charge in [-0.15, -0.1) is 13.2 Å². The minimum atomic E-state index is -4.71. The van der Waals surface area contributed by atoms with Crippen LogP contribution in [0.2, 0.25) is 0 Å². The fraction of sp³-hybridized carbons (Fsp3) is 0.571. The minimum Gasteiger partial charge on any atom is -0.385 e. The van der Waals surface area contributed by atoms with Crippen LogP contribution in [0.1, 0.15) is 43.7 Å². The number of nitrogens with zero attached hydrogens (tertiary/aromatic N) is 3. The zero-order chi connectivity index (χ0) is 23.6. The Morgan fingerprint density at radius 1 is 1.39 bits per heavy atom. The lowest BCUT2D eigenvalue weighted by molar-refractivity contribution is -0.347. The summed E-state index contributed by atoms with van der Waals surface area (Å²) in [4.78, 5) is 6.77. The summed E-state index contributed by atoms with van der Waals surface area (Å²) in [6.07, 6.45) is -2.82. The zero-order valence-corrected chi connectivity index (χ0v) is 18.2. The smallest absolute Gasteiger partial charge is 0.385 e. The van der Waals surface area contributed by atoms with Crippen LogP contribution in [0.5, 0.6) is 0 Å². The van der Waals surface area contributed by atoms with Crippen molar-refractivity contribution in [3.8, 4) is 0 Å². The van der Waals surface area contributed by atoms with E-state index in [9.17, 15) is 18.3 Å². The third kappa shape index (κ3) is 5.28. The third-order valence-corrected chi connectivity index (χ3v) is 6.17. The molecule has 4 N–H and O–H groups in total. The molecule has 2 aliphatic rings. The molecule has 2 fully saturated rings. The number of anilines is 3. The summed E-state index contributed by atoms with van der Waals surface area (Å²) in [5, 5.41) is 29.4. The lowest BCUT2D eigenvalue weighted by Gasteiger charge is -2.39. The van der Waals surface area contributed by atoms with Crippen molar-refractivity contribution >= 4 is 23.7 Å². The number of hydrogen-bond acceptors (Lipinski definition) is 8. The molecule has 3 heterocycles. The second-order valence-corrected chi connectivity index (χ2v) is 8.44. The van der Waals surface area contributed by atoms with Gasteiger partial charge in [0.05, 0.1) is 37.2 Å². The number of aliphatic hydroxyl groups is 1. The first-order valence-electron chi connectivity index (χ1n) is 10.8. The first-order chi connectivity index (χ1) is 15.7. The Labute approximate surface area is 188 Å². The average Bonchev–Trinajstić information content (AvgIpc) is 3.27. The second-order valence-electron chi connectivity index (χ2n) is 8.44. The van der Waals surface area contributed by atoms with Crippen LogP contribution in [0.3, 0.4) is 0 Å². The SMILES string of the molecule is C[C@@H]1COCCN1c1cc(C2(O)CCC(OC(F)(F)F)CC2)c(C=N)c(Nc2ccn[nH]2)n1. The van der Waals surface area contributed by atoms with Gasteiger partial charge in [-0.25, -0.2) is 4.98 Å². The Kier molecular flexibility index (Phi) is 6.59. The number of ether oxygens (including phenoxy) is 2. The predicted molar refractivity (Wildman–Crippen MR) is 115 cm³/mol. The van der Waals surface area contributed by atoms with Gasteiger partial charge in [-0.2, -0.15) is 5.10 Å². The largest absolute Gasteiger partial charge is 0.522 e. The van der Waals surface area contributed by atoms with Crippen LogP contribution in [-0.2, 0) is 15.1 Å². The van der Waals surface area contributed by atoms with Gasteiger partial charge in [0.1, 0.15) is 17.5 Å². The first-order valence-corrected chi connectivity index (χ1v) is 10.8. The number of H-pyrrole nitrogens is 1. The van der Waals surface area contributed by atoms with E-state index in [0.717, 1.165) is 6.21 Å². The quantitative estimate of drug-likeness (QED) is 0.480. The van der Waals surface area contributed by atoms with Gasteiger partial charge >= 0.3 is 6.36 Å². The van der Waals surface area contributed by atoms with Gasteiger partial charge in [-0.3, -0.25) is 9.84 Å². The molecule has 12 heteroatoms.